The van der Waals surface area contributed by atoms with E-state index < -0.39 is 0 Å². The molecule has 1 heterocycles. The monoisotopic (exact) mass is 332 g/mol. The van der Waals surface area contributed by atoms with Crippen LogP contribution in [0.3, 0.4) is 0 Å². The van der Waals surface area contributed by atoms with Crippen molar-refractivity contribution < 1.29 is 4.79 Å². The van der Waals surface area contributed by atoms with Crippen molar-refractivity contribution in [2.24, 2.45) is 0 Å². The van der Waals surface area contributed by atoms with Gasteiger partial charge in [-0.25, -0.2) is 0 Å². The van der Waals surface area contributed by atoms with Crippen LogP contribution in [0.25, 0.3) is 0 Å². The average Bonchev–Trinajstić information content (AvgIpc) is 2.93. The summed E-state index contributed by atoms with van der Waals surface area (Å²) in [5.41, 5.74) is 0. The average molecular weight is 333 g/mol. The molecule has 0 saturated carbocycles. The highest BCUT2D eigenvalue weighted by atomic mass is 35.5. The Hall–Kier alpha value is -0.420. The van der Waals surface area contributed by atoms with Crippen molar-refractivity contribution in [3.05, 3.63) is 28.2 Å². The summed E-state index contributed by atoms with van der Waals surface area (Å²) < 4.78 is 0. The van der Waals surface area contributed by atoms with Crippen molar-refractivity contribution >= 4 is 40.9 Å². The van der Waals surface area contributed by atoms with Gasteiger partial charge in [-0.15, -0.1) is 11.8 Å². The number of hydrogen-bond donors (Lipinski definition) is 2. The van der Waals surface area contributed by atoms with Crippen molar-refractivity contribution in [2.75, 3.05) is 13.1 Å². The number of benzene rings is 1. The molecule has 2 atom stereocenters. The largest absolute Gasteiger partial charge is 0.354 e. The number of rotatable bonds is 5. The van der Waals surface area contributed by atoms with E-state index in [1.807, 2.05) is 6.92 Å². The molecule has 20 heavy (non-hydrogen) atoms. The Morgan fingerprint density at radius 1 is 1.55 bits per heavy atom. The fourth-order valence-electron chi connectivity index (χ4n) is 2.11. The molecule has 2 N–H and O–H groups in total. The lowest BCUT2D eigenvalue weighted by molar-refractivity contribution is -0.120. The molecule has 0 spiro atoms. The third kappa shape index (κ3) is 4.55. The third-order valence-electron chi connectivity index (χ3n) is 3.25. The number of amides is 1. The van der Waals surface area contributed by atoms with Gasteiger partial charge in [0.1, 0.15) is 0 Å². The fourth-order valence-corrected chi connectivity index (χ4v) is 3.54. The lowest BCUT2D eigenvalue weighted by atomic mass is 10.2. The highest BCUT2D eigenvalue weighted by Gasteiger charge is 2.19. The number of carbonyl (C=O) groups excluding carboxylic acids is 1. The van der Waals surface area contributed by atoms with Crippen molar-refractivity contribution in [2.45, 2.75) is 36.0 Å². The first kappa shape index (κ1) is 16.0. The zero-order valence-corrected chi connectivity index (χ0v) is 13.6. The second-order valence-corrected chi connectivity index (χ2v) is 7.10. The SMILES string of the molecule is CC(Sc1cc(Cl)ccc1Cl)C(=O)NCC1CCCN1. The van der Waals surface area contributed by atoms with Crippen molar-refractivity contribution in [1.82, 2.24) is 10.6 Å². The Morgan fingerprint density at radius 3 is 3.05 bits per heavy atom. The number of carbonyl (C=O) groups is 1. The maximum absolute atomic E-state index is 12.1. The Labute approximate surface area is 133 Å². The van der Waals surface area contributed by atoms with Gasteiger partial charge in [0.2, 0.25) is 5.91 Å². The molecule has 1 fully saturated rings. The molecule has 1 aromatic carbocycles. The van der Waals surface area contributed by atoms with Gasteiger partial charge < -0.3 is 10.6 Å². The highest BCUT2D eigenvalue weighted by Crippen LogP contribution is 2.32. The van der Waals surface area contributed by atoms with Crippen LogP contribution < -0.4 is 10.6 Å². The quantitative estimate of drug-likeness (QED) is 0.812. The molecule has 3 nitrogen and oxygen atoms in total. The van der Waals surface area contributed by atoms with Gasteiger partial charge in [0, 0.05) is 22.5 Å². The molecule has 1 aliphatic heterocycles. The molecular weight excluding hydrogens is 315 g/mol. The van der Waals surface area contributed by atoms with Crippen LogP contribution >= 0.6 is 35.0 Å². The normalized spacial score (nSPS) is 19.9. The first-order valence-electron chi connectivity index (χ1n) is 6.69. The van der Waals surface area contributed by atoms with Crippen LogP contribution in [0, 0.1) is 0 Å². The molecule has 6 heteroatoms. The van der Waals surface area contributed by atoms with Crippen LogP contribution in [0.5, 0.6) is 0 Å². The summed E-state index contributed by atoms with van der Waals surface area (Å²) >= 11 is 13.5. The molecule has 0 aromatic heterocycles. The third-order valence-corrected chi connectivity index (χ3v) is 5.09. The van der Waals surface area contributed by atoms with E-state index in [9.17, 15) is 4.79 Å². The second kappa shape index (κ2) is 7.55. The molecule has 0 radical (unpaired) electrons. The summed E-state index contributed by atoms with van der Waals surface area (Å²) in [4.78, 5) is 12.9. The van der Waals surface area contributed by atoms with Gasteiger partial charge >= 0.3 is 0 Å². The van der Waals surface area contributed by atoms with E-state index in [1.165, 1.54) is 18.2 Å². The van der Waals surface area contributed by atoms with E-state index in [4.69, 9.17) is 23.2 Å². The van der Waals surface area contributed by atoms with Crippen LogP contribution in [-0.4, -0.2) is 30.3 Å². The summed E-state index contributed by atoms with van der Waals surface area (Å²) in [5, 5.41) is 7.38. The minimum atomic E-state index is -0.202. The van der Waals surface area contributed by atoms with Gasteiger partial charge in [0.15, 0.2) is 0 Å². The van der Waals surface area contributed by atoms with Crippen molar-refractivity contribution in [1.29, 1.82) is 0 Å². The maximum atomic E-state index is 12.1. The number of halogens is 2. The molecule has 0 bridgehead atoms. The predicted molar refractivity (Wildman–Crippen MR) is 85.8 cm³/mol. The summed E-state index contributed by atoms with van der Waals surface area (Å²) in [6, 6.07) is 5.69. The van der Waals surface area contributed by atoms with Crippen LogP contribution in [-0.2, 0) is 4.79 Å². The van der Waals surface area contributed by atoms with Crippen LogP contribution in [0.4, 0.5) is 0 Å². The van der Waals surface area contributed by atoms with Crippen molar-refractivity contribution in [3.8, 4) is 0 Å². The van der Waals surface area contributed by atoms with Crippen molar-refractivity contribution in [3.63, 3.8) is 0 Å². The predicted octanol–water partition coefficient (Wildman–Crippen LogP) is 3.34. The first-order valence-corrected chi connectivity index (χ1v) is 8.32. The molecule has 1 aliphatic rings. The fraction of sp³-hybridized carbons (Fsp3) is 0.500. The summed E-state index contributed by atoms with van der Waals surface area (Å²) in [6.07, 6.45) is 2.31. The van der Waals surface area contributed by atoms with E-state index in [1.54, 1.807) is 18.2 Å². The number of thioether (sulfide) groups is 1. The Morgan fingerprint density at radius 2 is 2.35 bits per heavy atom. The topological polar surface area (TPSA) is 41.1 Å². The van der Waals surface area contributed by atoms with E-state index in [-0.39, 0.29) is 11.2 Å². The lowest BCUT2D eigenvalue weighted by Crippen LogP contribution is -2.40. The van der Waals surface area contributed by atoms with Gasteiger partial charge in [-0.3, -0.25) is 4.79 Å². The van der Waals surface area contributed by atoms with Crippen LogP contribution in [0.1, 0.15) is 19.8 Å². The first-order chi connectivity index (χ1) is 9.56. The molecule has 1 aromatic rings. The molecular formula is C14H18Cl2N2OS. The zero-order chi connectivity index (χ0) is 14.5. The van der Waals surface area contributed by atoms with Gasteiger partial charge in [-0.1, -0.05) is 23.2 Å². The zero-order valence-electron chi connectivity index (χ0n) is 11.3. The summed E-state index contributed by atoms with van der Waals surface area (Å²) in [6.45, 7) is 3.61. The van der Waals surface area contributed by atoms with E-state index in [0.29, 0.717) is 22.6 Å². The van der Waals surface area contributed by atoms with Gasteiger partial charge in [-0.2, -0.15) is 0 Å². The number of hydrogen-bond acceptors (Lipinski definition) is 3. The number of nitrogens with one attached hydrogen (secondary N) is 2. The Balaban J connectivity index is 1.85. The molecule has 1 saturated heterocycles. The van der Waals surface area contributed by atoms with E-state index in [2.05, 4.69) is 10.6 Å². The van der Waals surface area contributed by atoms with E-state index in [0.717, 1.165) is 17.9 Å². The summed E-state index contributed by atoms with van der Waals surface area (Å²) in [5.74, 6) is 0.0275. The van der Waals surface area contributed by atoms with Gasteiger partial charge in [0.05, 0.1) is 10.3 Å². The van der Waals surface area contributed by atoms with Crippen LogP contribution in [0.15, 0.2) is 23.1 Å². The molecule has 110 valence electrons. The minimum absolute atomic E-state index is 0.0275. The standard InChI is InChI=1S/C14H18Cl2N2OS/c1-9(14(19)18-8-11-3-2-6-17-11)20-13-7-10(15)4-5-12(13)16/h4-5,7,9,11,17H,2-3,6,8H2,1H3,(H,18,19). The summed E-state index contributed by atoms with van der Waals surface area (Å²) in [7, 11) is 0. The van der Waals surface area contributed by atoms with Gasteiger partial charge in [-0.05, 0) is 44.5 Å². The lowest BCUT2D eigenvalue weighted by Gasteiger charge is -2.15. The smallest absolute Gasteiger partial charge is 0.233 e. The minimum Gasteiger partial charge on any atom is -0.354 e. The molecule has 2 unspecified atom stereocenters. The molecule has 1 amide bonds. The highest BCUT2D eigenvalue weighted by molar-refractivity contribution is 8.00. The van der Waals surface area contributed by atoms with E-state index >= 15 is 0 Å². The second-order valence-electron chi connectivity index (χ2n) is 4.87. The Kier molecular flexibility index (Phi) is 6.02. The molecule has 2 rings (SSSR count). The van der Waals surface area contributed by atoms with Gasteiger partial charge in [0.25, 0.3) is 0 Å². The molecule has 0 aliphatic carbocycles. The maximum Gasteiger partial charge on any atom is 0.233 e. The Bertz CT molecular complexity index is 478. The van der Waals surface area contributed by atoms with Crippen LogP contribution in [0.2, 0.25) is 10.0 Å².